The Morgan fingerprint density at radius 3 is 2.79 bits per heavy atom. The maximum atomic E-state index is 14.3. The number of nitrogens with zero attached hydrogens (tertiary/aromatic N) is 6. The van der Waals surface area contributed by atoms with Crippen LogP contribution < -0.4 is 16.2 Å². The molecule has 0 fully saturated rings. The van der Waals surface area contributed by atoms with Crippen LogP contribution in [0.5, 0.6) is 5.88 Å². The number of fused-ring (bicyclic) bond motifs is 2. The number of rotatable bonds is 4. The Labute approximate surface area is 193 Å². The summed E-state index contributed by atoms with van der Waals surface area (Å²) in [7, 11) is 1.56. The van der Waals surface area contributed by atoms with Gasteiger partial charge in [-0.15, -0.1) is 5.10 Å². The Morgan fingerprint density at radius 2 is 2.00 bits per heavy atom. The lowest BCUT2D eigenvalue weighted by Gasteiger charge is -2.13. The van der Waals surface area contributed by atoms with Gasteiger partial charge >= 0.3 is 0 Å². The number of imidazole rings is 1. The van der Waals surface area contributed by atoms with Crippen molar-refractivity contribution in [3.8, 4) is 28.8 Å². The van der Waals surface area contributed by atoms with E-state index in [0.717, 1.165) is 16.8 Å². The van der Waals surface area contributed by atoms with Crippen molar-refractivity contribution in [1.82, 2.24) is 29.3 Å². The van der Waals surface area contributed by atoms with Crippen molar-refractivity contribution in [3.63, 3.8) is 0 Å². The molecule has 9 nitrogen and oxygen atoms in total. The first-order chi connectivity index (χ1) is 16.5. The Morgan fingerprint density at radius 1 is 1.12 bits per heavy atom. The minimum Gasteiger partial charge on any atom is -0.480 e. The molecule has 1 aromatic carbocycles. The predicted molar refractivity (Wildman–Crippen MR) is 126 cm³/mol. The van der Waals surface area contributed by atoms with Crippen LogP contribution in [0.25, 0.3) is 34.1 Å². The van der Waals surface area contributed by atoms with Gasteiger partial charge in [-0.25, -0.2) is 24.0 Å². The van der Waals surface area contributed by atoms with E-state index in [1.54, 1.807) is 36.3 Å². The molecule has 4 N–H and O–H groups in total. The molecule has 0 saturated carbocycles. The van der Waals surface area contributed by atoms with Crippen molar-refractivity contribution in [2.75, 3.05) is 12.8 Å². The van der Waals surface area contributed by atoms with Crippen LogP contribution in [-0.2, 0) is 6.42 Å². The number of benzene rings is 1. The largest absolute Gasteiger partial charge is 0.480 e. The van der Waals surface area contributed by atoms with E-state index in [4.69, 9.17) is 26.2 Å². The van der Waals surface area contributed by atoms with Gasteiger partial charge in [0.05, 0.1) is 18.7 Å². The summed E-state index contributed by atoms with van der Waals surface area (Å²) in [6, 6.07) is 14.2. The summed E-state index contributed by atoms with van der Waals surface area (Å²) in [4.78, 5) is 13.9. The normalized spacial score (nSPS) is 17.3. The molecule has 0 radical (unpaired) electrons. The van der Waals surface area contributed by atoms with Gasteiger partial charge in [-0.1, -0.05) is 6.07 Å². The Kier molecular flexibility index (Phi) is 4.56. The van der Waals surface area contributed by atoms with Gasteiger partial charge in [0, 0.05) is 30.6 Å². The molecule has 170 valence electrons. The number of nitrogen functional groups attached to an aromatic ring is 1. The topological polar surface area (TPSA) is 123 Å². The summed E-state index contributed by atoms with van der Waals surface area (Å²) in [6.07, 6.45) is 2.57. The average Bonchev–Trinajstić information content (AvgIpc) is 3.54. The number of pyridine rings is 2. The number of hydrogen-bond acceptors (Lipinski definition) is 7. The van der Waals surface area contributed by atoms with E-state index in [1.807, 2.05) is 41.0 Å². The van der Waals surface area contributed by atoms with Crippen LogP contribution >= 0.6 is 0 Å². The van der Waals surface area contributed by atoms with E-state index in [0.29, 0.717) is 40.1 Å². The monoisotopic (exact) mass is 456 g/mol. The molecule has 0 saturated heterocycles. The minimum atomic E-state index is -1.10. The first-order valence-electron chi connectivity index (χ1n) is 10.8. The van der Waals surface area contributed by atoms with Crippen LogP contribution in [0, 0.1) is 0 Å². The zero-order valence-electron chi connectivity index (χ0n) is 18.3. The molecular weight excluding hydrogens is 435 g/mol. The van der Waals surface area contributed by atoms with Crippen LogP contribution in [0.3, 0.4) is 0 Å². The van der Waals surface area contributed by atoms with Gasteiger partial charge in [0.15, 0.2) is 17.3 Å². The number of hydrogen-bond donors (Lipinski definition) is 2. The van der Waals surface area contributed by atoms with E-state index in [2.05, 4.69) is 10.1 Å². The van der Waals surface area contributed by atoms with Crippen molar-refractivity contribution in [2.24, 2.45) is 5.73 Å². The third kappa shape index (κ3) is 3.11. The van der Waals surface area contributed by atoms with Crippen molar-refractivity contribution in [3.05, 3.63) is 72.1 Å². The number of halogens is 1. The van der Waals surface area contributed by atoms with Crippen LogP contribution in [0.15, 0.2) is 60.9 Å². The summed E-state index contributed by atoms with van der Waals surface area (Å²) in [6.45, 7) is 0. The lowest BCUT2D eigenvalue weighted by Crippen LogP contribution is -2.17. The lowest BCUT2D eigenvalue weighted by atomic mass is 10.1. The second-order valence-corrected chi connectivity index (χ2v) is 8.15. The number of alkyl halides is 1. The first kappa shape index (κ1) is 20.3. The molecule has 0 bridgehead atoms. The fraction of sp³-hybridized carbons (Fsp3) is 0.167. The Bertz CT molecular complexity index is 1540. The maximum absolute atomic E-state index is 14.3. The predicted octanol–water partition coefficient (Wildman–Crippen LogP) is 3.15. The first-order valence-corrected chi connectivity index (χ1v) is 10.8. The lowest BCUT2D eigenvalue weighted by molar-refractivity contribution is 0.303. The maximum Gasteiger partial charge on any atom is 0.232 e. The molecule has 6 rings (SSSR count). The van der Waals surface area contributed by atoms with Gasteiger partial charge in [0.2, 0.25) is 5.88 Å². The van der Waals surface area contributed by atoms with Crippen molar-refractivity contribution < 1.29 is 9.13 Å². The number of aromatic nitrogens is 6. The van der Waals surface area contributed by atoms with Crippen LogP contribution in [0.2, 0.25) is 0 Å². The number of nitrogens with two attached hydrogens (primary N) is 2. The fourth-order valence-electron chi connectivity index (χ4n) is 4.42. The summed E-state index contributed by atoms with van der Waals surface area (Å²) >= 11 is 0. The zero-order valence-corrected chi connectivity index (χ0v) is 18.3. The van der Waals surface area contributed by atoms with Gasteiger partial charge in [0.1, 0.15) is 17.5 Å². The molecule has 0 spiro atoms. The molecule has 1 aliphatic rings. The summed E-state index contributed by atoms with van der Waals surface area (Å²) in [5, 5.41) is 4.37. The van der Waals surface area contributed by atoms with E-state index in [-0.39, 0.29) is 6.42 Å². The summed E-state index contributed by atoms with van der Waals surface area (Å²) in [5.74, 6) is 2.01. The molecule has 4 aromatic heterocycles. The van der Waals surface area contributed by atoms with E-state index < -0.39 is 12.2 Å². The molecule has 2 atom stereocenters. The number of methoxy groups -OCH3 is 1. The van der Waals surface area contributed by atoms with Crippen molar-refractivity contribution in [2.45, 2.75) is 18.6 Å². The van der Waals surface area contributed by atoms with E-state index >= 15 is 0 Å². The van der Waals surface area contributed by atoms with Crippen molar-refractivity contribution in [1.29, 1.82) is 0 Å². The smallest absolute Gasteiger partial charge is 0.232 e. The van der Waals surface area contributed by atoms with E-state index in [9.17, 15) is 4.39 Å². The highest BCUT2D eigenvalue weighted by Gasteiger charge is 2.30. The Balaban J connectivity index is 1.60. The molecule has 34 heavy (non-hydrogen) atoms. The van der Waals surface area contributed by atoms with Crippen LogP contribution in [-0.4, -0.2) is 42.6 Å². The van der Waals surface area contributed by atoms with Gasteiger partial charge in [-0.05, 0) is 47.5 Å². The highest BCUT2D eigenvalue weighted by atomic mass is 19.1. The molecule has 1 unspecified atom stereocenters. The molecule has 4 heterocycles. The highest BCUT2D eigenvalue weighted by Crippen LogP contribution is 2.36. The number of ether oxygens (including phenoxy) is 1. The third-order valence-electron chi connectivity index (χ3n) is 6.13. The molecule has 1 aliphatic carbocycles. The second-order valence-electron chi connectivity index (χ2n) is 8.15. The zero-order chi connectivity index (χ0) is 23.4. The Hall–Kier alpha value is -4.31. The molecule has 0 aliphatic heterocycles. The SMILES string of the molecule is COc1ccn(-c2ccc3nc(-c4cccnc4N)n(-c4ccc5c(c4)CC(F)[C@@H]5N)c3n2)n1. The highest BCUT2D eigenvalue weighted by molar-refractivity contribution is 5.83. The molecular formula is C24H21FN8O. The van der Waals surface area contributed by atoms with Gasteiger partial charge < -0.3 is 16.2 Å². The van der Waals surface area contributed by atoms with Crippen LogP contribution in [0.1, 0.15) is 17.2 Å². The van der Waals surface area contributed by atoms with Gasteiger partial charge in [0.25, 0.3) is 0 Å². The standard InChI is InChI=1S/C24H21FN8O/c1-34-20-8-10-32(31-20)19-7-6-18-24(30-19)33(23(29-18)16-3-2-9-28-22(16)27)14-4-5-15-13(11-14)12-17(25)21(15)26/h2-11,17,21H,12,26H2,1H3,(H2,27,28)/t17?,21-/m1/s1. The molecule has 10 heteroatoms. The average molecular weight is 456 g/mol. The van der Waals surface area contributed by atoms with Gasteiger partial charge in [-0.2, -0.15) is 0 Å². The third-order valence-corrected chi connectivity index (χ3v) is 6.13. The van der Waals surface area contributed by atoms with Crippen LogP contribution in [0.4, 0.5) is 10.2 Å². The van der Waals surface area contributed by atoms with Crippen molar-refractivity contribution >= 4 is 17.0 Å². The summed E-state index contributed by atoms with van der Waals surface area (Å²) < 4.78 is 23.0. The quantitative estimate of drug-likeness (QED) is 0.426. The summed E-state index contributed by atoms with van der Waals surface area (Å²) in [5.41, 5.74) is 16.7. The second kappa shape index (κ2) is 7.63. The minimum absolute atomic E-state index is 0.271. The van der Waals surface area contributed by atoms with Gasteiger partial charge in [-0.3, -0.25) is 4.57 Å². The fourth-order valence-corrected chi connectivity index (χ4v) is 4.42. The molecule has 0 amide bonds. The van der Waals surface area contributed by atoms with E-state index in [1.165, 1.54) is 0 Å². The molecule has 5 aromatic rings. The number of anilines is 1.